The number of halogens is 3. The summed E-state index contributed by atoms with van der Waals surface area (Å²) in [7, 11) is 1.16. The number of amides is 1. The predicted molar refractivity (Wildman–Crippen MR) is 79.8 cm³/mol. The molecule has 1 rings (SSSR count). The van der Waals surface area contributed by atoms with Crippen molar-refractivity contribution in [3.8, 4) is 0 Å². The van der Waals surface area contributed by atoms with E-state index < -0.39 is 41.2 Å². The second kappa shape index (κ2) is 8.03. The van der Waals surface area contributed by atoms with Crippen molar-refractivity contribution in [2.45, 2.75) is 45.3 Å². The molecule has 0 aliphatic rings. The number of alkyl carbamates (subject to hydrolysis) is 1. The van der Waals surface area contributed by atoms with Crippen LogP contribution < -0.4 is 5.32 Å². The molecule has 0 aromatic heterocycles. The van der Waals surface area contributed by atoms with E-state index in [0.717, 1.165) is 7.11 Å². The fourth-order valence-corrected chi connectivity index (χ4v) is 1.92. The van der Waals surface area contributed by atoms with Crippen LogP contribution >= 0.6 is 0 Å². The lowest BCUT2D eigenvalue weighted by Gasteiger charge is -2.23. The molecule has 1 N–H and O–H groups in total. The standard InChI is InChI=1S/C16H20F3NO4/c1-16(2,3)24-15(22)20-10(7-14(21)23-4)5-9-6-12(18)13(19)8-11(9)17/h6,8,10H,5,7H2,1-4H3,(H,20,22). The number of nitrogens with one attached hydrogen (secondary N) is 1. The van der Waals surface area contributed by atoms with E-state index in [2.05, 4.69) is 10.1 Å². The fourth-order valence-electron chi connectivity index (χ4n) is 1.92. The SMILES string of the molecule is COC(=O)CC(Cc1cc(F)c(F)cc1F)NC(=O)OC(C)(C)C. The average molecular weight is 347 g/mol. The molecule has 0 fully saturated rings. The molecule has 0 bridgehead atoms. The Bertz CT molecular complexity index is 614. The summed E-state index contributed by atoms with van der Waals surface area (Å²) in [6, 6.07) is 0.186. The van der Waals surface area contributed by atoms with Crippen LogP contribution in [0.2, 0.25) is 0 Å². The molecule has 0 saturated heterocycles. The molecule has 5 nitrogen and oxygen atoms in total. The molecule has 0 saturated carbocycles. The third kappa shape index (κ3) is 6.47. The van der Waals surface area contributed by atoms with Crippen LogP contribution in [-0.2, 0) is 20.7 Å². The van der Waals surface area contributed by atoms with Crippen molar-refractivity contribution >= 4 is 12.1 Å². The van der Waals surface area contributed by atoms with Crippen LogP contribution in [-0.4, -0.2) is 30.8 Å². The van der Waals surface area contributed by atoms with Gasteiger partial charge in [0.15, 0.2) is 11.6 Å². The largest absolute Gasteiger partial charge is 0.469 e. The second-order valence-corrected chi connectivity index (χ2v) is 6.19. The van der Waals surface area contributed by atoms with Gasteiger partial charge in [-0.05, 0) is 38.8 Å². The van der Waals surface area contributed by atoms with Crippen molar-refractivity contribution in [2.24, 2.45) is 0 Å². The minimum Gasteiger partial charge on any atom is -0.469 e. The summed E-state index contributed by atoms with van der Waals surface area (Å²) in [6.07, 6.45) is -1.34. The summed E-state index contributed by atoms with van der Waals surface area (Å²) >= 11 is 0. The summed E-state index contributed by atoms with van der Waals surface area (Å²) in [4.78, 5) is 23.3. The molecule has 134 valence electrons. The number of rotatable bonds is 5. The summed E-state index contributed by atoms with van der Waals surface area (Å²) in [5.41, 5.74) is -0.952. The highest BCUT2D eigenvalue weighted by molar-refractivity contribution is 5.72. The van der Waals surface area contributed by atoms with Gasteiger partial charge >= 0.3 is 12.1 Å². The maximum absolute atomic E-state index is 13.8. The molecule has 0 heterocycles. The number of benzene rings is 1. The number of esters is 1. The molecule has 8 heteroatoms. The zero-order chi connectivity index (χ0) is 18.5. The maximum Gasteiger partial charge on any atom is 0.407 e. The van der Waals surface area contributed by atoms with Gasteiger partial charge in [-0.1, -0.05) is 0 Å². The Labute approximate surface area is 138 Å². The molecular weight excluding hydrogens is 327 g/mol. The van der Waals surface area contributed by atoms with Gasteiger partial charge < -0.3 is 14.8 Å². The van der Waals surface area contributed by atoms with Crippen LogP contribution in [0.25, 0.3) is 0 Å². The summed E-state index contributed by atoms with van der Waals surface area (Å²) < 4.78 is 49.6. The summed E-state index contributed by atoms with van der Waals surface area (Å²) in [5.74, 6) is -4.17. The van der Waals surface area contributed by atoms with Crippen molar-refractivity contribution in [3.05, 3.63) is 35.1 Å². The van der Waals surface area contributed by atoms with Gasteiger partial charge in [-0.2, -0.15) is 0 Å². The number of hydrogen-bond donors (Lipinski definition) is 1. The zero-order valence-electron chi connectivity index (χ0n) is 13.9. The third-order valence-electron chi connectivity index (χ3n) is 2.92. The first kappa shape index (κ1) is 19.8. The normalized spacial score (nSPS) is 12.5. The lowest BCUT2D eigenvalue weighted by atomic mass is 10.0. The number of carbonyl (C=O) groups excluding carboxylic acids is 2. The Morgan fingerprint density at radius 1 is 1.12 bits per heavy atom. The summed E-state index contributed by atoms with van der Waals surface area (Å²) in [5, 5.41) is 2.40. The van der Waals surface area contributed by atoms with Gasteiger partial charge in [0.2, 0.25) is 0 Å². The van der Waals surface area contributed by atoms with Crippen molar-refractivity contribution in [1.82, 2.24) is 5.32 Å². The maximum atomic E-state index is 13.8. The van der Waals surface area contributed by atoms with Gasteiger partial charge in [0.25, 0.3) is 0 Å². The van der Waals surface area contributed by atoms with E-state index in [1.54, 1.807) is 20.8 Å². The number of carbonyl (C=O) groups is 2. The van der Waals surface area contributed by atoms with Gasteiger partial charge in [-0.15, -0.1) is 0 Å². The van der Waals surface area contributed by atoms with E-state index in [1.807, 2.05) is 0 Å². The van der Waals surface area contributed by atoms with E-state index in [1.165, 1.54) is 0 Å². The second-order valence-electron chi connectivity index (χ2n) is 6.19. The molecule has 1 unspecified atom stereocenters. The Balaban J connectivity index is 2.92. The lowest BCUT2D eigenvalue weighted by Crippen LogP contribution is -2.41. The van der Waals surface area contributed by atoms with Crippen LogP contribution in [0.3, 0.4) is 0 Å². The first-order valence-electron chi connectivity index (χ1n) is 7.21. The van der Waals surface area contributed by atoms with Crippen molar-refractivity contribution in [3.63, 3.8) is 0 Å². The van der Waals surface area contributed by atoms with E-state index >= 15 is 0 Å². The van der Waals surface area contributed by atoms with Crippen LogP contribution in [0.5, 0.6) is 0 Å². The average Bonchev–Trinajstić information content (AvgIpc) is 2.42. The highest BCUT2D eigenvalue weighted by Gasteiger charge is 2.23. The highest BCUT2D eigenvalue weighted by atomic mass is 19.2. The molecule has 24 heavy (non-hydrogen) atoms. The predicted octanol–water partition coefficient (Wildman–Crippen LogP) is 3.10. The number of hydrogen-bond acceptors (Lipinski definition) is 4. The number of ether oxygens (including phenoxy) is 2. The molecule has 0 spiro atoms. The molecular formula is C16H20F3NO4. The Hall–Kier alpha value is -2.25. The van der Waals surface area contributed by atoms with Crippen LogP contribution in [0.15, 0.2) is 12.1 Å². The third-order valence-corrected chi connectivity index (χ3v) is 2.92. The van der Waals surface area contributed by atoms with Crippen LogP contribution in [0.1, 0.15) is 32.8 Å². The minimum absolute atomic E-state index is 0.182. The Morgan fingerprint density at radius 3 is 2.25 bits per heavy atom. The fraction of sp³-hybridized carbons (Fsp3) is 0.500. The Kier molecular flexibility index (Phi) is 6.62. The molecule has 1 atom stereocenters. The molecule has 0 aliphatic carbocycles. The first-order valence-corrected chi connectivity index (χ1v) is 7.21. The van der Waals surface area contributed by atoms with E-state index in [0.29, 0.717) is 12.1 Å². The van der Waals surface area contributed by atoms with Crippen molar-refractivity contribution in [1.29, 1.82) is 0 Å². The highest BCUT2D eigenvalue weighted by Crippen LogP contribution is 2.17. The molecule has 0 aliphatic heterocycles. The van der Waals surface area contributed by atoms with Gasteiger partial charge in [0.05, 0.1) is 13.5 Å². The van der Waals surface area contributed by atoms with Gasteiger partial charge in [-0.25, -0.2) is 18.0 Å². The quantitative estimate of drug-likeness (QED) is 0.657. The summed E-state index contributed by atoms with van der Waals surface area (Å²) in [6.45, 7) is 4.95. The van der Waals surface area contributed by atoms with Gasteiger partial charge in [0, 0.05) is 12.1 Å². The van der Waals surface area contributed by atoms with Crippen molar-refractivity contribution < 1.29 is 32.2 Å². The van der Waals surface area contributed by atoms with E-state index in [-0.39, 0.29) is 18.4 Å². The van der Waals surface area contributed by atoms with Crippen molar-refractivity contribution in [2.75, 3.05) is 7.11 Å². The first-order chi connectivity index (χ1) is 11.0. The molecule has 1 aromatic rings. The Morgan fingerprint density at radius 2 is 1.71 bits per heavy atom. The molecule has 1 amide bonds. The monoisotopic (exact) mass is 347 g/mol. The zero-order valence-corrected chi connectivity index (χ0v) is 13.9. The van der Waals surface area contributed by atoms with Crippen LogP contribution in [0, 0.1) is 17.5 Å². The minimum atomic E-state index is -1.32. The van der Waals surface area contributed by atoms with Gasteiger partial charge in [-0.3, -0.25) is 4.79 Å². The van der Waals surface area contributed by atoms with Gasteiger partial charge in [0.1, 0.15) is 11.4 Å². The molecule has 1 aromatic carbocycles. The topological polar surface area (TPSA) is 64.6 Å². The number of methoxy groups -OCH3 is 1. The van der Waals surface area contributed by atoms with E-state index in [4.69, 9.17) is 4.74 Å². The smallest absolute Gasteiger partial charge is 0.407 e. The van der Waals surface area contributed by atoms with E-state index in [9.17, 15) is 22.8 Å². The lowest BCUT2D eigenvalue weighted by molar-refractivity contribution is -0.141. The van der Waals surface area contributed by atoms with Crippen LogP contribution in [0.4, 0.5) is 18.0 Å². The molecule has 0 radical (unpaired) electrons.